The number of anilines is 1. The number of nitrogens with one attached hydrogen (secondary N) is 1. The minimum absolute atomic E-state index is 0.0123. The lowest BCUT2D eigenvalue weighted by Crippen LogP contribution is -2.29. The Balaban J connectivity index is 1.47. The number of aryl methyl sites for hydroxylation is 2. The van der Waals surface area contributed by atoms with Gasteiger partial charge in [-0.25, -0.2) is 0 Å². The first-order valence-electron chi connectivity index (χ1n) is 9.41. The minimum atomic E-state index is -0.145. The number of rotatable bonds is 6. The fourth-order valence-corrected chi connectivity index (χ4v) is 3.43. The molecule has 0 radical (unpaired) electrons. The maximum atomic E-state index is 12.1. The Morgan fingerprint density at radius 3 is 2.31 bits per heavy atom. The number of nitrogens with zero attached hydrogens (tertiary/aromatic N) is 1. The first kappa shape index (κ1) is 18.5. The SMILES string of the molecule is Cc1cc(C)cc(OCC(=O)Nc2ccc(CN3CCCCC3)cc2)c1. The Labute approximate surface area is 156 Å². The average molecular weight is 352 g/mol. The topological polar surface area (TPSA) is 41.6 Å². The fraction of sp³-hybridized carbons (Fsp3) is 0.409. The first-order chi connectivity index (χ1) is 12.6. The molecule has 0 bridgehead atoms. The lowest BCUT2D eigenvalue weighted by molar-refractivity contribution is -0.118. The van der Waals surface area contributed by atoms with Crippen LogP contribution in [0.15, 0.2) is 42.5 Å². The highest BCUT2D eigenvalue weighted by Crippen LogP contribution is 2.17. The van der Waals surface area contributed by atoms with Gasteiger partial charge in [-0.3, -0.25) is 9.69 Å². The van der Waals surface area contributed by atoms with Gasteiger partial charge in [-0.05, 0) is 80.7 Å². The van der Waals surface area contributed by atoms with E-state index in [-0.39, 0.29) is 12.5 Å². The molecule has 138 valence electrons. The highest BCUT2D eigenvalue weighted by atomic mass is 16.5. The van der Waals surface area contributed by atoms with E-state index in [4.69, 9.17) is 4.74 Å². The zero-order valence-corrected chi connectivity index (χ0v) is 15.8. The number of amides is 1. The lowest BCUT2D eigenvalue weighted by atomic mass is 10.1. The molecule has 2 aromatic carbocycles. The Bertz CT molecular complexity index is 714. The van der Waals surface area contributed by atoms with Crippen LogP contribution in [0.2, 0.25) is 0 Å². The van der Waals surface area contributed by atoms with Gasteiger partial charge in [-0.1, -0.05) is 24.6 Å². The van der Waals surface area contributed by atoms with Gasteiger partial charge < -0.3 is 10.1 Å². The first-order valence-corrected chi connectivity index (χ1v) is 9.41. The van der Waals surface area contributed by atoms with Crippen molar-refractivity contribution in [3.05, 3.63) is 59.2 Å². The van der Waals surface area contributed by atoms with Crippen LogP contribution in [-0.2, 0) is 11.3 Å². The molecule has 1 fully saturated rings. The van der Waals surface area contributed by atoms with Gasteiger partial charge in [-0.15, -0.1) is 0 Å². The van der Waals surface area contributed by atoms with Gasteiger partial charge in [0.2, 0.25) is 0 Å². The summed E-state index contributed by atoms with van der Waals surface area (Å²) in [4.78, 5) is 14.6. The van der Waals surface area contributed by atoms with Crippen LogP contribution in [0, 0.1) is 13.8 Å². The quantitative estimate of drug-likeness (QED) is 0.842. The van der Waals surface area contributed by atoms with Crippen LogP contribution in [0.5, 0.6) is 5.75 Å². The monoisotopic (exact) mass is 352 g/mol. The van der Waals surface area contributed by atoms with E-state index in [1.807, 2.05) is 38.1 Å². The highest BCUT2D eigenvalue weighted by Gasteiger charge is 2.10. The van der Waals surface area contributed by atoms with E-state index in [1.165, 1.54) is 37.9 Å². The summed E-state index contributed by atoms with van der Waals surface area (Å²) in [7, 11) is 0. The molecule has 0 unspecified atom stereocenters. The molecule has 1 aliphatic heterocycles. The van der Waals surface area contributed by atoms with Crippen LogP contribution >= 0.6 is 0 Å². The van der Waals surface area contributed by atoms with Crippen molar-refractivity contribution in [2.45, 2.75) is 39.7 Å². The summed E-state index contributed by atoms with van der Waals surface area (Å²) < 4.78 is 5.61. The summed E-state index contributed by atoms with van der Waals surface area (Å²) >= 11 is 0. The third kappa shape index (κ3) is 5.60. The summed E-state index contributed by atoms with van der Waals surface area (Å²) in [6, 6.07) is 14.1. The van der Waals surface area contributed by atoms with Crippen molar-refractivity contribution in [2.24, 2.45) is 0 Å². The molecule has 2 aromatic rings. The molecule has 0 aromatic heterocycles. The number of hydrogen-bond donors (Lipinski definition) is 1. The Morgan fingerprint density at radius 2 is 1.65 bits per heavy atom. The van der Waals surface area contributed by atoms with Gasteiger partial charge in [0.05, 0.1) is 0 Å². The fourth-order valence-electron chi connectivity index (χ4n) is 3.43. The molecule has 4 heteroatoms. The van der Waals surface area contributed by atoms with E-state index in [0.717, 1.165) is 29.1 Å². The molecule has 0 spiro atoms. The van der Waals surface area contributed by atoms with Crippen LogP contribution in [0.25, 0.3) is 0 Å². The Morgan fingerprint density at radius 1 is 1.00 bits per heavy atom. The van der Waals surface area contributed by atoms with E-state index < -0.39 is 0 Å². The highest BCUT2D eigenvalue weighted by molar-refractivity contribution is 5.91. The average Bonchev–Trinajstić information content (AvgIpc) is 2.62. The predicted molar refractivity (Wildman–Crippen MR) is 106 cm³/mol. The van der Waals surface area contributed by atoms with Crippen molar-refractivity contribution < 1.29 is 9.53 Å². The number of carbonyl (C=O) groups excluding carboxylic acids is 1. The molecule has 1 N–H and O–H groups in total. The van der Waals surface area contributed by atoms with E-state index in [2.05, 4.69) is 28.4 Å². The van der Waals surface area contributed by atoms with Crippen molar-refractivity contribution >= 4 is 11.6 Å². The molecule has 0 aliphatic carbocycles. The normalized spacial score (nSPS) is 14.8. The number of piperidine rings is 1. The Kier molecular flexibility index (Phi) is 6.29. The van der Waals surface area contributed by atoms with Gasteiger partial charge in [0.25, 0.3) is 5.91 Å². The van der Waals surface area contributed by atoms with E-state index in [9.17, 15) is 4.79 Å². The van der Waals surface area contributed by atoms with Gasteiger partial charge in [0, 0.05) is 12.2 Å². The zero-order valence-electron chi connectivity index (χ0n) is 15.8. The van der Waals surface area contributed by atoms with Crippen LogP contribution in [0.1, 0.15) is 36.0 Å². The predicted octanol–water partition coefficient (Wildman–Crippen LogP) is 4.31. The summed E-state index contributed by atoms with van der Waals surface area (Å²) in [6.07, 6.45) is 3.95. The van der Waals surface area contributed by atoms with E-state index >= 15 is 0 Å². The molecule has 1 amide bonds. The molecular weight excluding hydrogens is 324 g/mol. The molecule has 1 aliphatic rings. The molecule has 1 heterocycles. The van der Waals surface area contributed by atoms with Crippen molar-refractivity contribution in [1.82, 2.24) is 4.90 Å². The van der Waals surface area contributed by atoms with Gasteiger partial charge in [0.1, 0.15) is 5.75 Å². The van der Waals surface area contributed by atoms with Crippen LogP contribution in [-0.4, -0.2) is 30.5 Å². The standard InChI is InChI=1S/C22H28N2O2/c1-17-12-18(2)14-21(13-17)26-16-22(25)23-20-8-6-19(7-9-20)15-24-10-4-3-5-11-24/h6-9,12-14H,3-5,10-11,15-16H2,1-2H3,(H,23,25). The number of benzene rings is 2. The number of hydrogen-bond acceptors (Lipinski definition) is 3. The molecular formula is C22H28N2O2. The maximum Gasteiger partial charge on any atom is 0.262 e. The summed E-state index contributed by atoms with van der Waals surface area (Å²) in [6.45, 7) is 7.42. The molecule has 4 nitrogen and oxygen atoms in total. The van der Waals surface area contributed by atoms with Crippen molar-refractivity contribution in [2.75, 3.05) is 25.0 Å². The van der Waals surface area contributed by atoms with Crippen LogP contribution < -0.4 is 10.1 Å². The lowest BCUT2D eigenvalue weighted by Gasteiger charge is -2.26. The summed E-state index contributed by atoms with van der Waals surface area (Å²) in [5.41, 5.74) is 4.35. The third-order valence-corrected chi connectivity index (χ3v) is 4.66. The molecule has 0 atom stereocenters. The summed E-state index contributed by atoms with van der Waals surface area (Å²) in [5, 5.41) is 2.89. The summed E-state index contributed by atoms with van der Waals surface area (Å²) in [5.74, 6) is 0.586. The number of carbonyl (C=O) groups is 1. The second kappa shape index (κ2) is 8.86. The van der Waals surface area contributed by atoms with E-state index in [1.54, 1.807) is 0 Å². The number of likely N-dealkylation sites (tertiary alicyclic amines) is 1. The third-order valence-electron chi connectivity index (χ3n) is 4.66. The smallest absolute Gasteiger partial charge is 0.262 e. The van der Waals surface area contributed by atoms with Gasteiger partial charge in [-0.2, -0.15) is 0 Å². The van der Waals surface area contributed by atoms with Crippen LogP contribution in [0.4, 0.5) is 5.69 Å². The molecule has 3 rings (SSSR count). The zero-order chi connectivity index (χ0) is 18.4. The second-order valence-corrected chi connectivity index (χ2v) is 7.19. The van der Waals surface area contributed by atoms with Crippen molar-refractivity contribution in [1.29, 1.82) is 0 Å². The van der Waals surface area contributed by atoms with Crippen molar-refractivity contribution in [3.8, 4) is 5.75 Å². The second-order valence-electron chi connectivity index (χ2n) is 7.19. The maximum absolute atomic E-state index is 12.1. The van der Waals surface area contributed by atoms with Crippen LogP contribution in [0.3, 0.4) is 0 Å². The molecule has 26 heavy (non-hydrogen) atoms. The minimum Gasteiger partial charge on any atom is -0.484 e. The number of ether oxygens (including phenoxy) is 1. The molecule has 1 saturated heterocycles. The van der Waals surface area contributed by atoms with Gasteiger partial charge in [0.15, 0.2) is 6.61 Å². The van der Waals surface area contributed by atoms with E-state index in [0.29, 0.717) is 0 Å². The molecule has 0 saturated carbocycles. The van der Waals surface area contributed by atoms with Gasteiger partial charge >= 0.3 is 0 Å². The Hall–Kier alpha value is -2.33. The van der Waals surface area contributed by atoms with Crippen molar-refractivity contribution in [3.63, 3.8) is 0 Å². The largest absolute Gasteiger partial charge is 0.484 e.